The number of morpholine rings is 1. The van der Waals surface area contributed by atoms with Gasteiger partial charge in [0.15, 0.2) is 5.96 Å². The van der Waals surface area contributed by atoms with Crippen molar-refractivity contribution in [3.8, 4) is 0 Å². The number of ether oxygens (including phenoxy) is 1. The van der Waals surface area contributed by atoms with E-state index in [9.17, 15) is 4.79 Å². The van der Waals surface area contributed by atoms with Crippen molar-refractivity contribution in [2.45, 2.75) is 77.8 Å². The van der Waals surface area contributed by atoms with Crippen LogP contribution in [-0.4, -0.2) is 74.8 Å². The summed E-state index contributed by atoms with van der Waals surface area (Å²) in [5, 5.41) is 9.83. The Labute approximate surface area is 200 Å². The van der Waals surface area contributed by atoms with E-state index in [2.05, 4.69) is 41.6 Å². The van der Waals surface area contributed by atoms with Crippen LogP contribution in [0.4, 0.5) is 0 Å². The van der Waals surface area contributed by atoms with Gasteiger partial charge in [-0.1, -0.05) is 33.1 Å². The lowest BCUT2D eigenvalue weighted by Gasteiger charge is -2.34. The zero-order chi connectivity index (χ0) is 20.9. The van der Waals surface area contributed by atoms with Gasteiger partial charge >= 0.3 is 0 Å². The fraction of sp³-hybridized carbons (Fsp3) is 0.909. The summed E-state index contributed by atoms with van der Waals surface area (Å²) in [6, 6.07) is 0.812. The summed E-state index contributed by atoms with van der Waals surface area (Å²) in [4.78, 5) is 19.6. The molecule has 2 rings (SSSR count). The van der Waals surface area contributed by atoms with Crippen molar-refractivity contribution in [2.75, 3.05) is 45.9 Å². The molecule has 1 amide bonds. The monoisotopic (exact) mass is 537 g/mol. The van der Waals surface area contributed by atoms with Crippen molar-refractivity contribution in [1.82, 2.24) is 20.9 Å². The Kier molecular flexibility index (Phi) is 14.7. The third-order valence-corrected chi connectivity index (χ3v) is 5.72. The van der Waals surface area contributed by atoms with Crippen LogP contribution in [0.1, 0.15) is 65.7 Å². The molecule has 3 N–H and O–H groups in total. The van der Waals surface area contributed by atoms with Crippen molar-refractivity contribution in [2.24, 2.45) is 10.9 Å². The van der Waals surface area contributed by atoms with Crippen LogP contribution in [-0.2, 0) is 9.53 Å². The Balaban J connectivity index is 0.00000450. The molecule has 1 aliphatic heterocycles. The van der Waals surface area contributed by atoms with Crippen molar-refractivity contribution in [3.63, 3.8) is 0 Å². The van der Waals surface area contributed by atoms with E-state index in [1.54, 1.807) is 0 Å². The molecule has 0 aromatic rings. The van der Waals surface area contributed by atoms with Crippen LogP contribution in [0, 0.1) is 5.92 Å². The van der Waals surface area contributed by atoms with Gasteiger partial charge in [0.2, 0.25) is 5.91 Å². The molecule has 0 aromatic carbocycles. The molecule has 30 heavy (non-hydrogen) atoms. The lowest BCUT2D eigenvalue weighted by atomic mass is 9.95. The normalized spacial score (nSPS) is 19.8. The molecule has 2 fully saturated rings. The zero-order valence-corrected chi connectivity index (χ0v) is 21.6. The van der Waals surface area contributed by atoms with E-state index in [1.165, 1.54) is 19.3 Å². The third-order valence-electron chi connectivity index (χ3n) is 5.72. The molecule has 1 unspecified atom stereocenters. The molecule has 176 valence electrons. The molecule has 2 aliphatic rings. The number of hydrogen-bond donors (Lipinski definition) is 3. The highest BCUT2D eigenvalue weighted by atomic mass is 127. The average molecular weight is 538 g/mol. The van der Waals surface area contributed by atoms with Gasteiger partial charge in [-0.15, -0.1) is 24.0 Å². The second kappa shape index (κ2) is 16.1. The smallest absolute Gasteiger partial charge is 0.221 e. The molecule has 1 saturated carbocycles. The first kappa shape index (κ1) is 27.4. The van der Waals surface area contributed by atoms with Crippen molar-refractivity contribution in [1.29, 1.82) is 0 Å². The van der Waals surface area contributed by atoms with E-state index in [1.807, 2.05) is 0 Å². The maximum absolute atomic E-state index is 12.2. The summed E-state index contributed by atoms with van der Waals surface area (Å²) in [5.74, 6) is 1.59. The first-order chi connectivity index (χ1) is 14.1. The Bertz CT molecular complexity index is 492. The van der Waals surface area contributed by atoms with E-state index in [4.69, 9.17) is 9.73 Å². The molecule has 1 atom stereocenters. The molecular weight excluding hydrogens is 493 g/mol. The van der Waals surface area contributed by atoms with Crippen LogP contribution < -0.4 is 16.0 Å². The van der Waals surface area contributed by atoms with Gasteiger partial charge in [0.1, 0.15) is 0 Å². The fourth-order valence-corrected chi connectivity index (χ4v) is 4.21. The number of halogens is 1. The first-order valence-electron chi connectivity index (χ1n) is 11.7. The Hall–Kier alpha value is -0.610. The maximum Gasteiger partial charge on any atom is 0.221 e. The molecule has 1 heterocycles. The largest absolute Gasteiger partial charge is 0.379 e. The average Bonchev–Trinajstić information content (AvgIpc) is 2.72. The lowest BCUT2D eigenvalue weighted by Crippen LogP contribution is -2.46. The first-order valence-corrected chi connectivity index (χ1v) is 11.7. The predicted octanol–water partition coefficient (Wildman–Crippen LogP) is 2.75. The zero-order valence-electron chi connectivity index (χ0n) is 19.3. The number of nitrogens with zero attached hydrogens (tertiary/aromatic N) is 2. The van der Waals surface area contributed by atoms with E-state index >= 15 is 0 Å². The Morgan fingerprint density at radius 2 is 1.83 bits per heavy atom. The molecule has 1 saturated heterocycles. The molecular formula is C22H44IN5O2. The minimum Gasteiger partial charge on any atom is -0.379 e. The third kappa shape index (κ3) is 11.1. The number of carbonyl (C=O) groups excluding carboxylic acids is 1. The van der Waals surface area contributed by atoms with Crippen LogP contribution >= 0.6 is 24.0 Å². The van der Waals surface area contributed by atoms with Gasteiger partial charge in [-0.3, -0.25) is 14.7 Å². The van der Waals surface area contributed by atoms with Crippen LogP contribution in [0.3, 0.4) is 0 Å². The topological polar surface area (TPSA) is 78.0 Å². The summed E-state index contributed by atoms with van der Waals surface area (Å²) in [7, 11) is 0. The minimum absolute atomic E-state index is 0. The second-order valence-corrected chi connectivity index (χ2v) is 8.73. The van der Waals surface area contributed by atoms with E-state index in [0.29, 0.717) is 31.0 Å². The summed E-state index contributed by atoms with van der Waals surface area (Å²) < 4.78 is 5.51. The number of carbonyl (C=O) groups is 1. The number of amides is 1. The van der Waals surface area contributed by atoms with E-state index < -0.39 is 0 Å². The van der Waals surface area contributed by atoms with Crippen molar-refractivity contribution in [3.05, 3.63) is 0 Å². The SMILES string of the molecule is CCNC(=NCC(CC(C)C)N1CCOCC1)NCCC(=O)NC1CCCCC1.I. The van der Waals surface area contributed by atoms with Crippen LogP contribution in [0.2, 0.25) is 0 Å². The Morgan fingerprint density at radius 3 is 2.47 bits per heavy atom. The summed E-state index contributed by atoms with van der Waals surface area (Å²) >= 11 is 0. The summed E-state index contributed by atoms with van der Waals surface area (Å²) in [6.07, 6.45) is 7.65. The van der Waals surface area contributed by atoms with Crippen molar-refractivity contribution < 1.29 is 9.53 Å². The standard InChI is InChI=1S/C22H43N5O2.HI/c1-4-23-22(24-11-10-21(28)26-19-8-6-5-7-9-19)25-17-20(16-18(2)3)27-12-14-29-15-13-27;/h18-20H,4-17H2,1-3H3,(H,26,28)(H2,23,24,25);1H. The van der Waals surface area contributed by atoms with Gasteiger partial charge < -0.3 is 20.7 Å². The van der Waals surface area contributed by atoms with Gasteiger partial charge in [-0.05, 0) is 32.1 Å². The highest BCUT2D eigenvalue weighted by Gasteiger charge is 2.22. The molecule has 0 aromatic heterocycles. The molecule has 0 spiro atoms. The van der Waals surface area contributed by atoms with E-state index in [0.717, 1.165) is 64.6 Å². The van der Waals surface area contributed by atoms with Gasteiger partial charge in [-0.25, -0.2) is 0 Å². The number of guanidine groups is 1. The molecule has 1 aliphatic carbocycles. The highest BCUT2D eigenvalue weighted by molar-refractivity contribution is 14.0. The van der Waals surface area contributed by atoms with Gasteiger partial charge in [0.05, 0.1) is 19.8 Å². The maximum atomic E-state index is 12.2. The molecule has 0 bridgehead atoms. The minimum atomic E-state index is 0. The molecule has 0 radical (unpaired) electrons. The number of nitrogens with one attached hydrogen (secondary N) is 3. The quantitative estimate of drug-likeness (QED) is 0.227. The van der Waals surface area contributed by atoms with Crippen LogP contribution in [0.15, 0.2) is 4.99 Å². The highest BCUT2D eigenvalue weighted by Crippen LogP contribution is 2.17. The van der Waals surface area contributed by atoms with Crippen LogP contribution in [0.5, 0.6) is 0 Å². The predicted molar refractivity (Wildman–Crippen MR) is 135 cm³/mol. The number of aliphatic imine (C=N–C) groups is 1. The van der Waals surface area contributed by atoms with Crippen LogP contribution in [0.25, 0.3) is 0 Å². The second-order valence-electron chi connectivity index (χ2n) is 8.73. The van der Waals surface area contributed by atoms with E-state index in [-0.39, 0.29) is 29.9 Å². The number of rotatable bonds is 10. The van der Waals surface area contributed by atoms with Gasteiger partial charge in [0, 0.05) is 44.7 Å². The Morgan fingerprint density at radius 1 is 1.13 bits per heavy atom. The molecule has 7 nitrogen and oxygen atoms in total. The summed E-state index contributed by atoms with van der Waals surface area (Å²) in [5.41, 5.74) is 0. The van der Waals surface area contributed by atoms with Gasteiger partial charge in [0.25, 0.3) is 0 Å². The lowest BCUT2D eigenvalue weighted by molar-refractivity contribution is -0.121. The van der Waals surface area contributed by atoms with Gasteiger partial charge in [-0.2, -0.15) is 0 Å². The number of hydrogen-bond acceptors (Lipinski definition) is 4. The van der Waals surface area contributed by atoms with Crippen molar-refractivity contribution >= 4 is 35.8 Å². The fourth-order valence-electron chi connectivity index (χ4n) is 4.21. The molecule has 8 heteroatoms. The summed E-state index contributed by atoms with van der Waals surface area (Å²) in [6.45, 7) is 12.4.